The largest absolute Gasteiger partial charge is 0.347 e. The van der Waals surface area contributed by atoms with Gasteiger partial charge in [-0.1, -0.05) is 12.5 Å². The zero-order valence-corrected chi connectivity index (χ0v) is 14.8. The number of thiophene rings is 1. The van der Waals surface area contributed by atoms with E-state index in [9.17, 15) is 4.79 Å². The molecule has 3 aromatic heterocycles. The number of fused-ring (bicyclic) bond motifs is 1. The molecule has 0 bridgehead atoms. The average Bonchev–Trinajstić information content (AvgIpc) is 3.26. The van der Waals surface area contributed by atoms with Crippen molar-refractivity contribution in [2.45, 2.75) is 38.6 Å². The summed E-state index contributed by atoms with van der Waals surface area (Å²) in [5, 5.41) is 7.26. The number of nitrogens with zero attached hydrogens (tertiary/aromatic N) is 3. The molecule has 0 saturated carbocycles. The Morgan fingerprint density at radius 3 is 3.00 bits per heavy atom. The van der Waals surface area contributed by atoms with Crippen LogP contribution < -0.4 is 5.32 Å². The lowest BCUT2D eigenvalue weighted by atomic mass is 10.1. The van der Waals surface area contributed by atoms with Gasteiger partial charge in [-0.25, -0.2) is 9.67 Å². The number of carbonyl (C=O) groups excluding carboxylic acids is 1. The maximum atomic E-state index is 12.6. The number of amides is 1. The molecule has 3 heterocycles. The van der Waals surface area contributed by atoms with Crippen molar-refractivity contribution in [2.24, 2.45) is 0 Å². The van der Waals surface area contributed by atoms with Gasteiger partial charge in [-0.15, -0.1) is 11.3 Å². The van der Waals surface area contributed by atoms with Gasteiger partial charge in [0.05, 0.1) is 4.88 Å². The molecular formula is C19H20N4OS. The van der Waals surface area contributed by atoms with E-state index in [0.29, 0.717) is 6.54 Å². The van der Waals surface area contributed by atoms with Crippen molar-refractivity contribution in [1.29, 1.82) is 0 Å². The number of hydrogen-bond acceptors (Lipinski definition) is 4. The monoisotopic (exact) mass is 352 g/mol. The molecule has 4 rings (SSSR count). The first-order chi connectivity index (χ1) is 12.3. The maximum Gasteiger partial charge on any atom is 0.261 e. The predicted octanol–water partition coefficient (Wildman–Crippen LogP) is 3.53. The molecule has 5 nitrogen and oxygen atoms in total. The Morgan fingerprint density at radius 1 is 1.20 bits per heavy atom. The van der Waals surface area contributed by atoms with Crippen molar-refractivity contribution in [1.82, 2.24) is 20.1 Å². The quantitative estimate of drug-likeness (QED) is 0.731. The molecule has 0 fully saturated rings. The summed E-state index contributed by atoms with van der Waals surface area (Å²) in [5.41, 5.74) is 2.31. The lowest BCUT2D eigenvalue weighted by molar-refractivity contribution is 0.0955. The number of aryl methyl sites for hydroxylation is 2. The van der Waals surface area contributed by atoms with E-state index in [0.717, 1.165) is 29.1 Å². The highest BCUT2D eigenvalue weighted by atomic mass is 32.1. The van der Waals surface area contributed by atoms with Crippen molar-refractivity contribution in [2.75, 3.05) is 0 Å². The Morgan fingerprint density at radius 2 is 2.12 bits per heavy atom. The van der Waals surface area contributed by atoms with Crippen LogP contribution in [0.2, 0.25) is 0 Å². The maximum absolute atomic E-state index is 12.6. The Kier molecular flexibility index (Phi) is 4.61. The Balaban J connectivity index is 1.48. The molecule has 0 unspecified atom stereocenters. The van der Waals surface area contributed by atoms with Gasteiger partial charge in [0.1, 0.15) is 0 Å². The van der Waals surface area contributed by atoms with Gasteiger partial charge in [0.2, 0.25) is 0 Å². The molecule has 1 aliphatic carbocycles. The van der Waals surface area contributed by atoms with E-state index in [1.54, 1.807) is 28.4 Å². The third-order valence-corrected chi connectivity index (χ3v) is 5.73. The number of hydrogen-bond donors (Lipinski definition) is 1. The summed E-state index contributed by atoms with van der Waals surface area (Å²) in [7, 11) is 0. The van der Waals surface area contributed by atoms with Crippen molar-refractivity contribution in [3.05, 3.63) is 63.7 Å². The van der Waals surface area contributed by atoms with Crippen LogP contribution in [0.1, 0.15) is 44.9 Å². The van der Waals surface area contributed by atoms with Crippen LogP contribution in [0.25, 0.3) is 5.82 Å². The molecule has 6 heteroatoms. The zero-order valence-electron chi connectivity index (χ0n) is 13.9. The molecule has 1 N–H and O–H groups in total. The number of nitrogens with one attached hydrogen (secondary N) is 1. The number of aromatic nitrogens is 3. The van der Waals surface area contributed by atoms with Gasteiger partial charge in [-0.2, -0.15) is 5.10 Å². The van der Waals surface area contributed by atoms with Crippen LogP contribution in [-0.2, 0) is 19.4 Å². The second-order valence-corrected chi connectivity index (χ2v) is 7.38. The minimum absolute atomic E-state index is 0.00616. The molecule has 1 aliphatic rings. The summed E-state index contributed by atoms with van der Waals surface area (Å²) < 4.78 is 1.72. The van der Waals surface area contributed by atoms with Crippen LogP contribution in [0.3, 0.4) is 0 Å². The Bertz CT molecular complexity index is 846. The normalized spacial score (nSPS) is 13.9. The van der Waals surface area contributed by atoms with Gasteiger partial charge in [0.15, 0.2) is 5.82 Å². The van der Waals surface area contributed by atoms with Crippen molar-refractivity contribution >= 4 is 17.2 Å². The van der Waals surface area contributed by atoms with Gasteiger partial charge in [0.25, 0.3) is 5.91 Å². The summed E-state index contributed by atoms with van der Waals surface area (Å²) in [6.07, 6.45) is 11.3. The van der Waals surface area contributed by atoms with Crippen LogP contribution in [0.4, 0.5) is 0 Å². The Hall–Kier alpha value is -2.47. The highest BCUT2D eigenvalue weighted by molar-refractivity contribution is 7.14. The third-order valence-electron chi connectivity index (χ3n) is 4.50. The van der Waals surface area contributed by atoms with Gasteiger partial charge in [-0.05, 0) is 49.4 Å². The molecule has 128 valence electrons. The molecule has 0 spiro atoms. The van der Waals surface area contributed by atoms with Crippen molar-refractivity contribution in [3.63, 3.8) is 0 Å². The van der Waals surface area contributed by atoms with E-state index < -0.39 is 0 Å². The van der Waals surface area contributed by atoms with E-state index >= 15 is 0 Å². The minimum Gasteiger partial charge on any atom is -0.347 e. The first-order valence-electron chi connectivity index (χ1n) is 8.65. The summed E-state index contributed by atoms with van der Waals surface area (Å²) >= 11 is 1.65. The Labute approximate surface area is 150 Å². The van der Waals surface area contributed by atoms with E-state index in [1.807, 2.05) is 24.4 Å². The van der Waals surface area contributed by atoms with E-state index in [2.05, 4.69) is 21.5 Å². The molecular weight excluding hydrogens is 332 g/mol. The van der Waals surface area contributed by atoms with Crippen molar-refractivity contribution in [3.8, 4) is 5.82 Å². The van der Waals surface area contributed by atoms with Crippen LogP contribution in [0.15, 0.2) is 42.9 Å². The standard InChI is InChI=1S/C19H20N4OS/c24-19(17-12-14-6-2-1-3-8-16(14)25-17)21-13-15-7-4-9-20-18(15)23-11-5-10-22-23/h4-5,7,9-12H,1-3,6,8,13H2,(H,21,24). The first kappa shape index (κ1) is 16.0. The fourth-order valence-corrected chi connectivity index (χ4v) is 4.38. The molecule has 0 atom stereocenters. The summed E-state index contributed by atoms with van der Waals surface area (Å²) in [6, 6.07) is 7.78. The molecule has 25 heavy (non-hydrogen) atoms. The van der Waals surface area contributed by atoms with Crippen LogP contribution >= 0.6 is 11.3 Å². The van der Waals surface area contributed by atoms with E-state index in [4.69, 9.17) is 0 Å². The predicted molar refractivity (Wildman–Crippen MR) is 98.1 cm³/mol. The van der Waals surface area contributed by atoms with Crippen LogP contribution in [0, 0.1) is 0 Å². The van der Waals surface area contributed by atoms with Crippen molar-refractivity contribution < 1.29 is 4.79 Å². The van der Waals surface area contributed by atoms with Crippen LogP contribution in [0.5, 0.6) is 0 Å². The minimum atomic E-state index is -0.00616. The van der Waals surface area contributed by atoms with Crippen LogP contribution in [-0.4, -0.2) is 20.7 Å². The summed E-state index contributed by atoms with van der Waals surface area (Å²) in [6.45, 7) is 0.435. The van der Waals surface area contributed by atoms with Gasteiger partial charge in [-0.3, -0.25) is 4.79 Å². The number of rotatable bonds is 4. The fraction of sp³-hybridized carbons (Fsp3) is 0.316. The van der Waals surface area contributed by atoms with E-state index in [1.165, 1.54) is 29.7 Å². The number of pyridine rings is 1. The molecule has 0 aliphatic heterocycles. The zero-order chi connectivity index (χ0) is 17.1. The van der Waals surface area contributed by atoms with E-state index in [-0.39, 0.29) is 5.91 Å². The molecule has 0 aromatic carbocycles. The highest BCUT2D eigenvalue weighted by Crippen LogP contribution is 2.29. The van der Waals surface area contributed by atoms with Gasteiger partial charge < -0.3 is 5.32 Å². The summed E-state index contributed by atoms with van der Waals surface area (Å²) in [4.78, 5) is 19.2. The topological polar surface area (TPSA) is 59.8 Å². The highest BCUT2D eigenvalue weighted by Gasteiger charge is 2.17. The van der Waals surface area contributed by atoms with Gasteiger partial charge >= 0.3 is 0 Å². The second kappa shape index (κ2) is 7.19. The third kappa shape index (κ3) is 3.49. The lowest BCUT2D eigenvalue weighted by Gasteiger charge is -2.09. The number of carbonyl (C=O) groups is 1. The summed E-state index contributed by atoms with van der Waals surface area (Å²) in [5.74, 6) is 0.739. The lowest BCUT2D eigenvalue weighted by Crippen LogP contribution is -2.23. The smallest absolute Gasteiger partial charge is 0.261 e. The molecule has 0 saturated heterocycles. The second-order valence-electron chi connectivity index (χ2n) is 6.24. The average molecular weight is 352 g/mol. The molecule has 3 aromatic rings. The SMILES string of the molecule is O=C(NCc1cccnc1-n1cccn1)c1cc2c(s1)CCCCC2. The van der Waals surface area contributed by atoms with Gasteiger partial charge in [0, 0.05) is 35.6 Å². The molecule has 0 radical (unpaired) electrons. The fourth-order valence-electron chi connectivity index (χ4n) is 3.21. The first-order valence-corrected chi connectivity index (χ1v) is 9.46. The molecule has 1 amide bonds.